The molecule has 1 saturated heterocycles. The van der Waals surface area contributed by atoms with E-state index < -0.39 is 0 Å². The quantitative estimate of drug-likeness (QED) is 0.512. The average molecular weight is 364 g/mol. The average Bonchev–Trinajstić information content (AvgIpc) is 2.63. The number of rotatable bonds is 10. The smallest absolute Gasteiger partial charge is 0.275 e. The molecule has 26 heavy (non-hydrogen) atoms. The summed E-state index contributed by atoms with van der Waals surface area (Å²) in [6.45, 7) is 11.1. The van der Waals surface area contributed by atoms with Crippen LogP contribution in [0.2, 0.25) is 0 Å². The molecule has 1 amide bonds. The van der Waals surface area contributed by atoms with Crippen LogP contribution in [0, 0.1) is 6.92 Å². The monoisotopic (exact) mass is 363 g/mol. The number of aryl methyl sites for hydroxylation is 1. The summed E-state index contributed by atoms with van der Waals surface area (Å²) in [4.78, 5) is 15.1. The molecule has 0 aliphatic carbocycles. The van der Waals surface area contributed by atoms with Crippen molar-refractivity contribution in [3.63, 3.8) is 0 Å². The minimum atomic E-state index is 0.209. The normalized spacial score (nSPS) is 20.0. The highest BCUT2D eigenvalue weighted by Gasteiger charge is 2.25. The second-order valence-corrected chi connectivity index (χ2v) is 7.58. The van der Waals surface area contributed by atoms with Gasteiger partial charge in [0.2, 0.25) is 0 Å². The Bertz CT molecular complexity index is 554. The summed E-state index contributed by atoms with van der Waals surface area (Å²) in [5.74, 6) is 1.20. The molecular weight excluding hydrogens is 326 g/mol. The van der Waals surface area contributed by atoms with Crippen LogP contribution in [-0.4, -0.2) is 52.3 Å². The van der Waals surface area contributed by atoms with E-state index in [0.717, 1.165) is 51.4 Å². The van der Waals surface area contributed by atoms with Crippen LogP contribution in [0.25, 0.3) is 0 Å². The zero-order valence-electron chi connectivity index (χ0n) is 16.8. The van der Waals surface area contributed by atoms with Gasteiger partial charge in [0.1, 0.15) is 38.5 Å². The molecule has 1 aliphatic rings. The van der Waals surface area contributed by atoms with Crippen molar-refractivity contribution in [1.82, 2.24) is 5.32 Å². The molecule has 0 unspecified atom stereocenters. The lowest BCUT2D eigenvalue weighted by Crippen LogP contribution is -3.28. The summed E-state index contributed by atoms with van der Waals surface area (Å²) < 4.78 is 5.51. The Morgan fingerprint density at radius 3 is 2.54 bits per heavy atom. The van der Waals surface area contributed by atoms with E-state index in [0.29, 0.717) is 6.54 Å². The second kappa shape index (κ2) is 11.2. The van der Waals surface area contributed by atoms with E-state index >= 15 is 0 Å². The molecule has 1 fully saturated rings. The molecule has 1 aliphatic heterocycles. The maximum atomic E-state index is 12.1. The predicted octanol–water partition coefficient (Wildman–Crippen LogP) is -0.0165. The molecule has 3 N–H and O–H groups in total. The second-order valence-electron chi connectivity index (χ2n) is 7.58. The molecule has 1 aromatic carbocycles. The first kappa shape index (κ1) is 20.7. The van der Waals surface area contributed by atoms with Crippen LogP contribution >= 0.6 is 0 Å². The SMILES string of the molecule is CCCCCCNC(=O)C[NH+]1CC[NH+](Cc2cc(C)ccc2OC)CC1. The number of hydrogen-bond donors (Lipinski definition) is 3. The Kier molecular flexibility index (Phi) is 8.92. The van der Waals surface area contributed by atoms with E-state index in [9.17, 15) is 4.79 Å². The van der Waals surface area contributed by atoms with Crippen molar-refractivity contribution >= 4 is 5.91 Å². The number of methoxy groups -OCH3 is 1. The molecule has 2 rings (SSSR count). The Morgan fingerprint density at radius 1 is 1.12 bits per heavy atom. The van der Waals surface area contributed by atoms with Gasteiger partial charge in [0.25, 0.3) is 5.91 Å². The van der Waals surface area contributed by atoms with Gasteiger partial charge in [-0.1, -0.05) is 37.8 Å². The van der Waals surface area contributed by atoms with Gasteiger partial charge in [0.15, 0.2) is 6.54 Å². The van der Waals surface area contributed by atoms with E-state index in [1.54, 1.807) is 12.0 Å². The highest BCUT2D eigenvalue weighted by atomic mass is 16.5. The number of quaternary nitrogens is 2. The van der Waals surface area contributed by atoms with Gasteiger partial charge in [-0.25, -0.2) is 0 Å². The molecule has 1 aromatic rings. The molecule has 0 bridgehead atoms. The van der Waals surface area contributed by atoms with Crippen molar-refractivity contribution < 1.29 is 19.3 Å². The third-order valence-electron chi connectivity index (χ3n) is 5.30. The maximum absolute atomic E-state index is 12.1. The lowest BCUT2D eigenvalue weighted by molar-refractivity contribution is -1.02. The van der Waals surface area contributed by atoms with Gasteiger partial charge in [0.05, 0.1) is 7.11 Å². The lowest BCUT2D eigenvalue weighted by atomic mass is 10.1. The number of nitrogens with one attached hydrogen (secondary N) is 3. The van der Waals surface area contributed by atoms with Crippen LogP contribution < -0.4 is 19.9 Å². The highest BCUT2D eigenvalue weighted by molar-refractivity contribution is 5.76. The van der Waals surface area contributed by atoms with Crippen molar-refractivity contribution in [3.05, 3.63) is 29.3 Å². The number of benzene rings is 1. The van der Waals surface area contributed by atoms with Crippen molar-refractivity contribution in [1.29, 1.82) is 0 Å². The molecule has 5 nitrogen and oxygen atoms in total. The Labute approximate surface area is 158 Å². The molecule has 146 valence electrons. The lowest BCUT2D eigenvalue weighted by Gasteiger charge is -2.29. The van der Waals surface area contributed by atoms with E-state index in [1.165, 1.54) is 35.3 Å². The first-order chi connectivity index (χ1) is 12.6. The molecular formula is C21H37N3O2+2. The Morgan fingerprint density at radius 2 is 1.85 bits per heavy atom. The number of ether oxygens (including phenoxy) is 1. The first-order valence-corrected chi connectivity index (χ1v) is 10.2. The number of carbonyl (C=O) groups excluding carboxylic acids is 1. The van der Waals surface area contributed by atoms with E-state index in [2.05, 4.69) is 37.4 Å². The van der Waals surface area contributed by atoms with Crippen LogP contribution in [0.3, 0.4) is 0 Å². The van der Waals surface area contributed by atoms with Crippen LogP contribution in [0.1, 0.15) is 43.7 Å². The molecule has 1 heterocycles. The highest BCUT2D eigenvalue weighted by Crippen LogP contribution is 2.18. The molecule has 0 aromatic heterocycles. The van der Waals surface area contributed by atoms with Crippen LogP contribution in [0.4, 0.5) is 0 Å². The van der Waals surface area contributed by atoms with Crippen LogP contribution in [-0.2, 0) is 11.3 Å². The largest absolute Gasteiger partial charge is 0.496 e. The fourth-order valence-electron chi connectivity index (χ4n) is 3.69. The summed E-state index contributed by atoms with van der Waals surface area (Å²) >= 11 is 0. The number of carbonyl (C=O) groups is 1. The van der Waals surface area contributed by atoms with Crippen molar-refractivity contribution in [2.75, 3.05) is 46.4 Å². The topological polar surface area (TPSA) is 47.2 Å². The summed E-state index contributed by atoms with van der Waals surface area (Å²) in [5, 5.41) is 3.08. The van der Waals surface area contributed by atoms with Crippen molar-refractivity contribution in [2.45, 2.75) is 46.1 Å². The zero-order valence-corrected chi connectivity index (χ0v) is 16.8. The summed E-state index contributed by atoms with van der Waals surface area (Å²) in [5.41, 5.74) is 2.57. The first-order valence-electron chi connectivity index (χ1n) is 10.2. The Balaban J connectivity index is 1.69. The summed E-state index contributed by atoms with van der Waals surface area (Å²) in [7, 11) is 1.74. The van der Waals surface area contributed by atoms with Crippen molar-refractivity contribution in [2.24, 2.45) is 0 Å². The Hall–Kier alpha value is -1.59. The van der Waals surface area contributed by atoms with Gasteiger partial charge < -0.3 is 19.9 Å². The number of piperazine rings is 1. The zero-order chi connectivity index (χ0) is 18.8. The van der Waals surface area contributed by atoms with Gasteiger partial charge in [-0.3, -0.25) is 4.79 Å². The van der Waals surface area contributed by atoms with E-state index in [-0.39, 0.29) is 5.91 Å². The fraction of sp³-hybridized carbons (Fsp3) is 0.667. The summed E-state index contributed by atoms with van der Waals surface area (Å²) in [6, 6.07) is 6.40. The third kappa shape index (κ3) is 6.96. The molecule has 0 saturated carbocycles. The van der Waals surface area contributed by atoms with Gasteiger partial charge in [-0.2, -0.15) is 0 Å². The fourth-order valence-corrected chi connectivity index (χ4v) is 3.69. The molecule has 0 atom stereocenters. The van der Waals surface area contributed by atoms with E-state index in [1.807, 2.05) is 0 Å². The van der Waals surface area contributed by atoms with Crippen LogP contribution in [0.15, 0.2) is 18.2 Å². The molecule has 0 spiro atoms. The van der Waals surface area contributed by atoms with Gasteiger partial charge >= 0.3 is 0 Å². The third-order valence-corrected chi connectivity index (χ3v) is 5.30. The van der Waals surface area contributed by atoms with Gasteiger partial charge in [-0.15, -0.1) is 0 Å². The summed E-state index contributed by atoms with van der Waals surface area (Å²) in [6.07, 6.45) is 4.82. The molecule has 5 heteroatoms. The minimum Gasteiger partial charge on any atom is -0.496 e. The number of hydrogen-bond acceptors (Lipinski definition) is 2. The number of amides is 1. The molecule has 0 radical (unpaired) electrons. The maximum Gasteiger partial charge on any atom is 0.275 e. The van der Waals surface area contributed by atoms with Crippen molar-refractivity contribution in [3.8, 4) is 5.75 Å². The van der Waals surface area contributed by atoms with Gasteiger partial charge in [0, 0.05) is 12.1 Å². The number of unbranched alkanes of at least 4 members (excludes halogenated alkanes) is 3. The van der Waals surface area contributed by atoms with E-state index in [4.69, 9.17) is 4.74 Å². The minimum absolute atomic E-state index is 0.209. The standard InChI is InChI=1S/C21H35N3O2/c1-4-5-6-7-10-22-21(25)17-24-13-11-23(12-14-24)16-19-15-18(2)8-9-20(19)26-3/h8-9,15H,4-7,10-14,16-17H2,1-3H3,(H,22,25)/p+2. The predicted molar refractivity (Wildman–Crippen MR) is 105 cm³/mol. The van der Waals surface area contributed by atoms with Crippen LogP contribution in [0.5, 0.6) is 5.75 Å². The van der Waals surface area contributed by atoms with Gasteiger partial charge in [-0.05, 0) is 25.5 Å².